The summed E-state index contributed by atoms with van der Waals surface area (Å²) in [5.74, 6) is 0.352. The van der Waals surface area contributed by atoms with Crippen molar-refractivity contribution in [2.75, 3.05) is 0 Å². The van der Waals surface area contributed by atoms with Gasteiger partial charge in [-0.3, -0.25) is 4.89 Å². The first-order valence-corrected chi connectivity index (χ1v) is 8.07. The van der Waals surface area contributed by atoms with Crippen molar-refractivity contribution in [3.63, 3.8) is 0 Å². The maximum Gasteiger partial charge on any atom is 0.345 e. The van der Waals surface area contributed by atoms with Gasteiger partial charge in [-0.25, -0.2) is 4.79 Å². The van der Waals surface area contributed by atoms with Gasteiger partial charge in [0.15, 0.2) is 0 Å². The molecule has 4 heteroatoms. The van der Waals surface area contributed by atoms with E-state index in [0.29, 0.717) is 6.42 Å². The molecule has 0 aliphatic heterocycles. The second kappa shape index (κ2) is 9.42. The van der Waals surface area contributed by atoms with Crippen molar-refractivity contribution in [2.45, 2.75) is 92.6 Å². The first-order chi connectivity index (χ1) is 9.52. The first kappa shape index (κ1) is 20.4. The normalized spacial score (nSPS) is 12.8. The number of rotatable bonds is 10. The molecule has 0 aromatic carbocycles. The molecule has 0 aliphatic rings. The lowest BCUT2D eigenvalue weighted by molar-refractivity contribution is -0.518. The lowest BCUT2D eigenvalue weighted by Gasteiger charge is -2.29. The van der Waals surface area contributed by atoms with Crippen molar-refractivity contribution >= 4 is 5.97 Å². The highest BCUT2D eigenvalue weighted by Gasteiger charge is 2.28. The lowest BCUT2D eigenvalue weighted by atomic mass is 9.84. The van der Waals surface area contributed by atoms with Gasteiger partial charge in [0.25, 0.3) is 0 Å². The molecule has 0 radical (unpaired) electrons. The smallest absolute Gasteiger partial charge is 0.269 e. The van der Waals surface area contributed by atoms with Crippen LogP contribution in [-0.4, -0.2) is 11.6 Å². The zero-order chi connectivity index (χ0) is 16.5. The molecule has 0 saturated carbocycles. The van der Waals surface area contributed by atoms with Gasteiger partial charge in [0, 0.05) is 6.42 Å². The highest BCUT2D eigenvalue weighted by Crippen LogP contribution is 2.29. The van der Waals surface area contributed by atoms with Crippen LogP contribution < -0.4 is 0 Å². The third-order valence-electron chi connectivity index (χ3n) is 3.01. The highest BCUT2D eigenvalue weighted by molar-refractivity contribution is 5.68. The zero-order valence-corrected chi connectivity index (χ0v) is 15.0. The van der Waals surface area contributed by atoms with Crippen LogP contribution in [0.2, 0.25) is 0 Å². The topological polar surface area (TPSA) is 44.8 Å². The lowest BCUT2D eigenvalue weighted by Crippen LogP contribution is -2.30. The number of hydrogen-bond donors (Lipinski definition) is 0. The minimum atomic E-state index is -0.490. The Hall–Kier alpha value is -0.610. The van der Waals surface area contributed by atoms with E-state index in [9.17, 15) is 4.79 Å². The second-order valence-corrected chi connectivity index (χ2v) is 8.10. The van der Waals surface area contributed by atoms with E-state index < -0.39 is 5.60 Å². The summed E-state index contributed by atoms with van der Waals surface area (Å²) in [6.45, 7) is 14.6. The van der Waals surface area contributed by atoms with E-state index in [1.807, 2.05) is 13.8 Å². The predicted octanol–water partition coefficient (Wildman–Crippen LogP) is 5.21. The van der Waals surface area contributed by atoms with Crippen molar-refractivity contribution in [3.8, 4) is 0 Å². The fraction of sp³-hybridized carbons (Fsp3) is 0.941. The van der Waals surface area contributed by atoms with Crippen LogP contribution >= 0.6 is 0 Å². The summed E-state index contributed by atoms with van der Waals surface area (Å²) < 4.78 is 0. The molecular formula is C17H34O4. The Kier molecular flexibility index (Phi) is 9.14. The molecule has 0 rings (SSSR count). The van der Waals surface area contributed by atoms with Crippen molar-refractivity contribution in [3.05, 3.63) is 0 Å². The molecule has 0 bridgehead atoms. The number of hydrogen-bond acceptors (Lipinski definition) is 4. The monoisotopic (exact) mass is 302 g/mol. The van der Waals surface area contributed by atoms with Gasteiger partial charge in [0.1, 0.15) is 5.60 Å². The molecule has 0 atom stereocenters. The van der Waals surface area contributed by atoms with Crippen LogP contribution in [0, 0.1) is 11.3 Å². The molecule has 0 aromatic heterocycles. The Balaban J connectivity index is 3.70. The number of carbonyl (C=O) groups is 1. The Bertz CT molecular complexity index is 290. The molecule has 0 N–H and O–H groups in total. The van der Waals surface area contributed by atoms with E-state index in [2.05, 4.69) is 44.5 Å². The molecule has 0 amide bonds. The molecule has 0 saturated heterocycles. The van der Waals surface area contributed by atoms with Crippen LogP contribution in [0.3, 0.4) is 0 Å². The van der Waals surface area contributed by atoms with E-state index in [4.69, 9.17) is 4.89 Å². The zero-order valence-electron chi connectivity index (χ0n) is 15.0. The molecule has 0 unspecified atom stereocenters. The van der Waals surface area contributed by atoms with Crippen LogP contribution in [-0.2, 0) is 19.6 Å². The van der Waals surface area contributed by atoms with Crippen LogP contribution in [0.15, 0.2) is 0 Å². The fourth-order valence-electron chi connectivity index (χ4n) is 2.49. The standard InChI is InChI=1S/C17H34O4/c1-14(2)11-9-8-10-12-15(18)19-21-20-17(6,7)13-16(3,4)5/h14H,8-13H2,1-7H3. The number of carbonyl (C=O) groups excluding carboxylic acids is 1. The summed E-state index contributed by atoms with van der Waals surface area (Å²) in [6, 6.07) is 0. The minimum Gasteiger partial charge on any atom is -0.269 e. The minimum absolute atomic E-state index is 0.118. The van der Waals surface area contributed by atoms with Crippen LogP contribution in [0.25, 0.3) is 0 Å². The van der Waals surface area contributed by atoms with Crippen molar-refractivity contribution < 1.29 is 19.6 Å². The third kappa shape index (κ3) is 14.1. The summed E-state index contributed by atoms with van der Waals surface area (Å²) >= 11 is 0. The van der Waals surface area contributed by atoms with Crippen LogP contribution in [0.1, 0.15) is 87.0 Å². The van der Waals surface area contributed by atoms with Crippen molar-refractivity contribution in [2.24, 2.45) is 11.3 Å². The summed E-state index contributed by atoms with van der Waals surface area (Å²) in [4.78, 5) is 21.3. The molecular weight excluding hydrogens is 268 g/mol. The van der Waals surface area contributed by atoms with Gasteiger partial charge in [0.2, 0.25) is 0 Å². The molecule has 0 heterocycles. The summed E-state index contributed by atoms with van der Waals surface area (Å²) in [5.41, 5.74) is -0.372. The number of unbranched alkanes of at least 4 members (excludes halogenated alkanes) is 2. The van der Waals surface area contributed by atoms with Gasteiger partial charge in [-0.05, 0) is 43.1 Å². The molecule has 126 valence electrons. The van der Waals surface area contributed by atoms with Gasteiger partial charge in [0.05, 0.1) is 0 Å². The highest BCUT2D eigenvalue weighted by atomic mass is 17.5. The third-order valence-corrected chi connectivity index (χ3v) is 3.01. The van der Waals surface area contributed by atoms with E-state index >= 15 is 0 Å². The van der Waals surface area contributed by atoms with E-state index in [1.165, 1.54) is 6.42 Å². The Morgan fingerprint density at radius 3 is 2.14 bits per heavy atom. The van der Waals surface area contributed by atoms with Crippen molar-refractivity contribution in [1.29, 1.82) is 0 Å². The Labute approximate surface area is 130 Å². The van der Waals surface area contributed by atoms with Crippen LogP contribution in [0.5, 0.6) is 0 Å². The summed E-state index contributed by atoms with van der Waals surface area (Å²) in [5, 5.41) is 4.65. The van der Waals surface area contributed by atoms with E-state index in [0.717, 1.165) is 31.6 Å². The Morgan fingerprint density at radius 1 is 1.00 bits per heavy atom. The SMILES string of the molecule is CC(C)CCCCCC(=O)OOOC(C)(C)CC(C)(C)C. The van der Waals surface area contributed by atoms with Gasteiger partial charge in [-0.1, -0.05) is 53.9 Å². The van der Waals surface area contributed by atoms with Crippen LogP contribution in [0.4, 0.5) is 0 Å². The molecule has 0 aliphatic carbocycles. The van der Waals surface area contributed by atoms with Gasteiger partial charge in [-0.15, -0.1) is 0 Å². The Morgan fingerprint density at radius 2 is 1.62 bits per heavy atom. The largest absolute Gasteiger partial charge is 0.345 e. The average Bonchev–Trinajstić information content (AvgIpc) is 2.24. The van der Waals surface area contributed by atoms with Gasteiger partial charge < -0.3 is 0 Å². The molecule has 0 fully saturated rings. The van der Waals surface area contributed by atoms with E-state index in [-0.39, 0.29) is 11.4 Å². The first-order valence-electron chi connectivity index (χ1n) is 8.07. The van der Waals surface area contributed by atoms with Gasteiger partial charge >= 0.3 is 5.97 Å². The quantitative estimate of drug-likeness (QED) is 0.315. The summed E-state index contributed by atoms with van der Waals surface area (Å²) in [7, 11) is 0. The molecule has 4 nitrogen and oxygen atoms in total. The molecule has 21 heavy (non-hydrogen) atoms. The predicted molar refractivity (Wildman–Crippen MR) is 84.3 cm³/mol. The maximum atomic E-state index is 11.5. The summed E-state index contributed by atoms with van der Waals surface area (Å²) in [6.07, 6.45) is 5.41. The van der Waals surface area contributed by atoms with Crippen molar-refractivity contribution in [1.82, 2.24) is 0 Å². The fourth-order valence-corrected chi connectivity index (χ4v) is 2.49. The van der Waals surface area contributed by atoms with Gasteiger partial charge in [-0.2, -0.15) is 4.89 Å². The molecule has 0 aromatic rings. The molecule has 0 spiro atoms. The average molecular weight is 302 g/mol. The maximum absolute atomic E-state index is 11.5. The van der Waals surface area contributed by atoms with E-state index in [1.54, 1.807) is 0 Å². The second-order valence-electron chi connectivity index (χ2n) is 8.10.